The Kier molecular flexibility index (Phi) is 4.81. The van der Waals surface area contributed by atoms with E-state index < -0.39 is 0 Å². The lowest BCUT2D eigenvalue weighted by atomic mass is 9.93. The second-order valence-electron chi connectivity index (χ2n) is 6.03. The van der Waals surface area contributed by atoms with Gasteiger partial charge in [0.1, 0.15) is 0 Å². The summed E-state index contributed by atoms with van der Waals surface area (Å²) in [5, 5.41) is 0. The average molecular weight is 278 g/mol. The molecule has 0 aliphatic carbocycles. The molecule has 1 aromatic rings. The molecule has 1 saturated heterocycles. The highest BCUT2D eigenvalue weighted by Crippen LogP contribution is 2.26. The Hall–Kier alpha value is -1.36. The Morgan fingerprint density at radius 3 is 2.85 bits per heavy atom. The van der Waals surface area contributed by atoms with E-state index in [0.29, 0.717) is 18.5 Å². The van der Waals surface area contributed by atoms with Gasteiger partial charge in [0.25, 0.3) is 0 Å². The van der Waals surface area contributed by atoms with Crippen LogP contribution in [0.5, 0.6) is 5.88 Å². The minimum atomic E-state index is 0.115. The fourth-order valence-electron chi connectivity index (χ4n) is 2.69. The summed E-state index contributed by atoms with van der Waals surface area (Å²) >= 11 is 0. The quantitative estimate of drug-likeness (QED) is 0.914. The van der Waals surface area contributed by atoms with Crippen LogP contribution in [0.3, 0.4) is 0 Å². The van der Waals surface area contributed by atoms with Gasteiger partial charge in [-0.05, 0) is 39.5 Å². The van der Waals surface area contributed by atoms with Crippen molar-refractivity contribution >= 4 is 5.95 Å². The van der Waals surface area contributed by atoms with Crippen LogP contribution in [0.15, 0.2) is 6.07 Å². The standard InChI is InChI=1S/C15H26N4O/c1-10(2)20-14-8-12(4)17-15(18-14)19-6-5-11(3)7-13(19)9-16/h8,10-11,13H,5-7,9,16H2,1-4H3. The maximum absolute atomic E-state index is 5.92. The molecule has 20 heavy (non-hydrogen) atoms. The molecule has 2 N–H and O–H groups in total. The number of nitrogens with zero attached hydrogens (tertiary/aromatic N) is 3. The topological polar surface area (TPSA) is 64.3 Å². The summed E-state index contributed by atoms with van der Waals surface area (Å²) in [7, 11) is 0. The molecule has 0 bridgehead atoms. The zero-order chi connectivity index (χ0) is 14.7. The maximum Gasteiger partial charge on any atom is 0.229 e. The Morgan fingerprint density at radius 2 is 2.20 bits per heavy atom. The first-order valence-electron chi connectivity index (χ1n) is 7.48. The minimum absolute atomic E-state index is 0.115. The highest BCUT2D eigenvalue weighted by atomic mass is 16.5. The zero-order valence-corrected chi connectivity index (χ0v) is 13.0. The number of aryl methyl sites for hydroxylation is 1. The Bertz CT molecular complexity index is 449. The molecular weight excluding hydrogens is 252 g/mol. The van der Waals surface area contributed by atoms with Crippen LogP contribution in [0.1, 0.15) is 39.3 Å². The molecule has 112 valence electrons. The smallest absolute Gasteiger partial charge is 0.229 e. The van der Waals surface area contributed by atoms with E-state index in [1.54, 1.807) is 0 Å². The van der Waals surface area contributed by atoms with Crippen molar-refractivity contribution in [2.45, 2.75) is 52.7 Å². The molecule has 1 aliphatic heterocycles. The third-order valence-corrected chi connectivity index (χ3v) is 3.68. The molecule has 1 aromatic heterocycles. The molecule has 1 aliphatic rings. The van der Waals surface area contributed by atoms with E-state index in [1.807, 2.05) is 26.8 Å². The van der Waals surface area contributed by atoms with Crippen molar-refractivity contribution in [3.05, 3.63) is 11.8 Å². The van der Waals surface area contributed by atoms with Crippen LogP contribution >= 0.6 is 0 Å². The number of aromatic nitrogens is 2. The molecule has 1 fully saturated rings. The zero-order valence-electron chi connectivity index (χ0n) is 13.0. The summed E-state index contributed by atoms with van der Waals surface area (Å²) in [5.41, 5.74) is 6.85. The van der Waals surface area contributed by atoms with E-state index in [2.05, 4.69) is 21.8 Å². The lowest BCUT2D eigenvalue weighted by Gasteiger charge is -2.38. The normalized spacial score (nSPS) is 23.2. The van der Waals surface area contributed by atoms with Gasteiger partial charge in [-0.3, -0.25) is 0 Å². The van der Waals surface area contributed by atoms with Gasteiger partial charge < -0.3 is 15.4 Å². The van der Waals surface area contributed by atoms with E-state index in [1.165, 1.54) is 0 Å². The number of anilines is 1. The summed E-state index contributed by atoms with van der Waals surface area (Å²) in [5.74, 6) is 2.12. The number of piperidine rings is 1. The van der Waals surface area contributed by atoms with E-state index in [-0.39, 0.29) is 6.10 Å². The molecule has 0 spiro atoms. The second-order valence-corrected chi connectivity index (χ2v) is 6.03. The molecular formula is C15H26N4O. The summed E-state index contributed by atoms with van der Waals surface area (Å²) in [6.45, 7) is 9.87. The molecule has 0 radical (unpaired) electrons. The predicted molar refractivity (Wildman–Crippen MR) is 81.1 cm³/mol. The van der Waals surface area contributed by atoms with E-state index in [4.69, 9.17) is 10.5 Å². The van der Waals surface area contributed by atoms with Gasteiger partial charge in [0, 0.05) is 30.9 Å². The van der Waals surface area contributed by atoms with Gasteiger partial charge >= 0.3 is 0 Å². The first-order valence-corrected chi connectivity index (χ1v) is 7.48. The van der Waals surface area contributed by atoms with Crippen molar-refractivity contribution in [2.24, 2.45) is 11.7 Å². The Balaban J connectivity index is 2.24. The van der Waals surface area contributed by atoms with Crippen LogP contribution < -0.4 is 15.4 Å². The van der Waals surface area contributed by atoms with E-state index in [9.17, 15) is 0 Å². The Labute approximate surface area is 121 Å². The van der Waals surface area contributed by atoms with Gasteiger partial charge in [-0.15, -0.1) is 0 Å². The number of hydrogen-bond donors (Lipinski definition) is 1. The van der Waals surface area contributed by atoms with Crippen molar-refractivity contribution < 1.29 is 4.74 Å². The maximum atomic E-state index is 5.92. The van der Waals surface area contributed by atoms with Gasteiger partial charge in [0.15, 0.2) is 0 Å². The van der Waals surface area contributed by atoms with Crippen molar-refractivity contribution in [3.63, 3.8) is 0 Å². The summed E-state index contributed by atoms with van der Waals surface area (Å²) in [6, 6.07) is 2.21. The van der Waals surface area contributed by atoms with Gasteiger partial charge in [-0.25, -0.2) is 4.98 Å². The van der Waals surface area contributed by atoms with Crippen LogP contribution in [0.4, 0.5) is 5.95 Å². The highest BCUT2D eigenvalue weighted by molar-refractivity contribution is 5.36. The monoisotopic (exact) mass is 278 g/mol. The molecule has 5 heteroatoms. The van der Waals surface area contributed by atoms with Gasteiger partial charge in [0.2, 0.25) is 11.8 Å². The van der Waals surface area contributed by atoms with Gasteiger partial charge in [-0.1, -0.05) is 6.92 Å². The van der Waals surface area contributed by atoms with E-state index >= 15 is 0 Å². The summed E-state index contributed by atoms with van der Waals surface area (Å²) < 4.78 is 5.71. The van der Waals surface area contributed by atoms with E-state index in [0.717, 1.165) is 36.9 Å². The number of nitrogens with two attached hydrogens (primary N) is 1. The van der Waals surface area contributed by atoms with Gasteiger partial charge in [-0.2, -0.15) is 4.98 Å². The first-order chi connectivity index (χ1) is 9.49. The molecule has 2 unspecified atom stereocenters. The molecule has 2 heterocycles. The Morgan fingerprint density at radius 1 is 1.45 bits per heavy atom. The minimum Gasteiger partial charge on any atom is -0.475 e. The second kappa shape index (κ2) is 6.39. The first kappa shape index (κ1) is 15.0. The summed E-state index contributed by atoms with van der Waals surface area (Å²) in [6.07, 6.45) is 2.38. The van der Waals surface area contributed by atoms with Crippen LogP contribution in [0, 0.1) is 12.8 Å². The molecule has 0 saturated carbocycles. The number of ether oxygens (including phenoxy) is 1. The van der Waals surface area contributed by atoms with Crippen LogP contribution in [-0.2, 0) is 0 Å². The van der Waals surface area contributed by atoms with Crippen LogP contribution in [-0.4, -0.2) is 35.2 Å². The van der Waals surface area contributed by atoms with Crippen molar-refractivity contribution in [1.82, 2.24) is 9.97 Å². The lowest BCUT2D eigenvalue weighted by molar-refractivity contribution is 0.231. The van der Waals surface area contributed by atoms with Crippen LogP contribution in [0.25, 0.3) is 0 Å². The molecule has 2 rings (SSSR count). The fraction of sp³-hybridized carbons (Fsp3) is 0.733. The predicted octanol–water partition coefficient (Wildman–Crippen LogP) is 2.14. The van der Waals surface area contributed by atoms with Crippen molar-refractivity contribution in [2.75, 3.05) is 18.0 Å². The number of hydrogen-bond acceptors (Lipinski definition) is 5. The van der Waals surface area contributed by atoms with Crippen LogP contribution in [0.2, 0.25) is 0 Å². The van der Waals surface area contributed by atoms with Crippen molar-refractivity contribution in [1.29, 1.82) is 0 Å². The van der Waals surface area contributed by atoms with Crippen molar-refractivity contribution in [3.8, 4) is 5.88 Å². The SMILES string of the molecule is Cc1cc(OC(C)C)nc(N2CCC(C)CC2CN)n1. The van der Waals surface area contributed by atoms with Gasteiger partial charge in [0.05, 0.1) is 6.10 Å². The third-order valence-electron chi connectivity index (χ3n) is 3.68. The average Bonchev–Trinajstić information content (AvgIpc) is 2.36. The summed E-state index contributed by atoms with van der Waals surface area (Å²) in [4.78, 5) is 11.4. The lowest BCUT2D eigenvalue weighted by Crippen LogP contribution is -2.47. The largest absolute Gasteiger partial charge is 0.475 e. The number of rotatable bonds is 4. The third kappa shape index (κ3) is 3.60. The highest BCUT2D eigenvalue weighted by Gasteiger charge is 2.27. The molecule has 5 nitrogen and oxygen atoms in total. The molecule has 0 aromatic carbocycles. The molecule has 0 amide bonds. The fourth-order valence-corrected chi connectivity index (χ4v) is 2.69. The molecule has 2 atom stereocenters.